The molecular weight excluding hydrogens is 352 g/mol. The highest BCUT2D eigenvalue weighted by molar-refractivity contribution is 9.10. The fourth-order valence-electron chi connectivity index (χ4n) is 2.63. The first kappa shape index (κ1) is 13.0. The Morgan fingerprint density at radius 1 is 1.33 bits per heavy atom. The van der Waals surface area contributed by atoms with Crippen LogP contribution in [0.4, 0.5) is 5.69 Å². The van der Waals surface area contributed by atoms with Crippen LogP contribution < -0.4 is 0 Å². The number of pyridine rings is 1. The Hall–Kier alpha value is -1.72. The van der Waals surface area contributed by atoms with E-state index in [0.717, 1.165) is 32.6 Å². The number of hydrogen-bond acceptors (Lipinski definition) is 3. The molecule has 6 heteroatoms. The molecule has 0 saturated heterocycles. The van der Waals surface area contributed by atoms with Crippen molar-refractivity contribution in [2.75, 3.05) is 0 Å². The largest absolute Gasteiger partial charge is 0.332 e. The fourth-order valence-corrected chi connectivity index (χ4v) is 3.27. The number of nitrogens with zero attached hydrogens (tertiary/aromatic N) is 4. The van der Waals surface area contributed by atoms with Crippen LogP contribution in [0.3, 0.4) is 0 Å². The third-order valence-corrected chi connectivity index (χ3v) is 4.36. The van der Waals surface area contributed by atoms with Crippen molar-refractivity contribution in [2.24, 2.45) is 12.0 Å². The number of benzene rings is 1. The molecule has 0 aliphatic carbocycles. The van der Waals surface area contributed by atoms with Crippen LogP contribution in [-0.2, 0) is 13.5 Å². The Kier molecular flexibility index (Phi) is 2.87. The third-order valence-electron chi connectivity index (χ3n) is 3.60. The molecule has 104 valence electrons. The Labute approximate surface area is 134 Å². The summed E-state index contributed by atoms with van der Waals surface area (Å²) >= 11 is 9.72. The monoisotopic (exact) mass is 360 g/mol. The van der Waals surface area contributed by atoms with Crippen LogP contribution in [0.25, 0.3) is 11.0 Å². The molecule has 0 saturated carbocycles. The van der Waals surface area contributed by atoms with Gasteiger partial charge in [0.25, 0.3) is 0 Å². The Morgan fingerprint density at radius 2 is 2.19 bits per heavy atom. The van der Waals surface area contributed by atoms with Crippen molar-refractivity contribution >= 4 is 50.0 Å². The molecule has 0 bridgehead atoms. The molecule has 0 spiro atoms. The highest BCUT2D eigenvalue weighted by Crippen LogP contribution is 2.37. The predicted molar refractivity (Wildman–Crippen MR) is 87.6 cm³/mol. The first-order valence-electron chi connectivity index (χ1n) is 6.46. The van der Waals surface area contributed by atoms with Crippen molar-refractivity contribution in [3.05, 3.63) is 51.5 Å². The number of imidazole rings is 1. The van der Waals surface area contributed by atoms with E-state index in [4.69, 9.17) is 16.6 Å². The van der Waals surface area contributed by atoms with Gasteiger partial charge in [0.1, 0.15) is 11.2 Å². The average Bonchev–Trinajstić information content (AvgIpc) is 3.03. The zero-order valence-corrected chi connectivity index (χ0v) is 13.5. The maximum Gasteiger partial charge on any atom is 0.157 e. The van der Waals surface area contributed by atoms with Crippen LogP contribution in [0, 0.1) is 0 Å². The summed E-state index contributed by atoms with van der Waals surface area (Å²) in [5, 5.41) is 0.440. The van der Waals surface area contributed by atoms with E-state index < -0.39 is 0 Å². The lowest BCUT2D eigenvalue weighted by Crippen LogP contribution is -2.01. The van der Waals surface area contributed by atoms with Crippen LogP contribution >= 0.6 is 27.5 Å². The van der Waals surface area contributed by atoms with E-state index >= 15 is 0 Å². The van der Waals surface area contributed by atoms with Gasteiger partial charge in [0.05, 0.1) is 23.2 Å². The van der Waals surface area contributed by atoms with Gasteiger partial charge in [-0.05, 0) is 17.7 Å². The second-order valence-electron chi connectivity index (χ2n) is 5.00. The molecule has 0 N–H and O–H groups in total. The van der Waals surface area contributed by atoms with Gasteiger partial charge < -0.3 is 4.57 Å². The maximum atomic E-state index is 6.23. The molecule has 1 aliphatic heterocycles. The Balaban J connectivity index is 1.93. The van der Waals surface area contributed by atoms with Crippen molar-refractivity contribution in [2.45, 2.75) is 6.42 Å². The molecule has 3 heterocycles. The molecule has 4 nitrogen and oxygen atoms in total. The van der Waals surface area contributed by atoms with E-state index in [-0.39, 0.29) is 0 Å². The summed E-state index contributed by atoms with van der Waals surface area (Å²) in [7, 11) is 1.94. The molecule has 1 aliphatic rings. The number of aryl methyl sites for hydroxylation is 1. The summed E-state index contributed by atoms with van der Waals surface area (Å²) < 4.78 is 2.98. The SMILES string of the molecule is Cn1cnc2c(Cl)nc3c(c21)N=C(c1cccc(Br)c1)C3. The quantitative estimate of drug-likeness (QED) is 0.613. The summed E-state index contributed by atoms with van der Waals surface area (Å²) in [6, 6.07) is 8.12. The first-order valence-corrected chi connectivity index (χ1v) is 7.63. The maximum absolute atomic E-state index is 6.23. The molecule has 3 aromatic rings. The number of rotatable bonds is 1. The van der Waals surface area contributed by atoms with E-state index in [0.29, 0.717) is 17.1 Å². The lowest BCUT2D eigenvalue weighted by molar-refractivity contribution is 0.946. The van der Waals surface area contributed by atoms with Crippen LogP contribution in [0.5, 0.6) is 0 Å². The number of fused-ring (bicyclic) bond motifs is 3. The lowest BCUT2D eigenvalue weighted by Gasteiger charge is -2.01. The molecule has 0 radical (unpaired) electrons. The van der Waals surface area contributed by atoms with Crippen LogP contribution in [0.1, 0.15) is 11.3 Å². The fraction of sp³-hybridized carbons (Fsp3) is 0.133. The number of aliphatic imine (C=N–C) groups is 1. The standard InChI is InChI=1S/C15H10BrClN4/c1-21-7-18-13-14(21)12-11(20-15(13)17)6-10(19-12)8-3-2-4-9(16)5-8/h2-5,7H,6H2,1H3. The minimum atomic E-state index is 0.440. The smallest absolute Gasteiger partial charge is 0.157 e. The minimum absolute atomic E-state index is 0.440. The molecule has 0 amide bonds. The molecule has 1 aromatic carbocycles. The van der Waals surface area contributed by atoms with Crippen LogP contribution in [0.2, 0.25) is 5.15 Å². The van der Waals surface area contributed by atoms with E-state index in [1.807, 2.05) is 23.7 Å². The summed E-state index contributed by atoms with van der Waals surface area (Å²) in [6.45, 7) is 0. The van der Waals surface area contributed by atoms with Gasteiger partial charge in [0.15, 0.2) is 5.15 Å². The van der Waals surface area contributed by atoms with E-state index in [1.54, 1.807) is 6.33 Å². The third kappa shape index (κ3) is 2.00. The van der Waals surface area contributed by atoms with E-state index in [1.165, 1.54) is 0 Å². The van der Waals surface area contributed by atoms with Gasteiger partial charge >= 0.3 is 0 Å². The molecular formula is C15H10BrClN4. The molecule has 2 aromatic heterocycles. The molecule has 4 rings (SSSR count). The van der Waals surface area contributed by atoms with Gasteiger partial charge in [-0.3, -0.25) is 0 Å². The molecule has 0 unspecified atom stereocenters. The zero-order valence-electron chi connectivity index (χ0n) is 11.1. The van der Waals surface area contributed by atoms with Gasteiger partial charge in [-0.25, -0.2) is 15.0 Å². The zero-order chi connectivity index (χ0) is 14.6. The molecule has 21 heavy (non-hydrogen) atoms. The van der Waals surface area contributed by atoms with Gasteiger partial charge in [-0.15, -0.1) is 0 Å². The second-order valence-corrected chi connectivity index (χ2v) is 6.27. The van der Waals surface area contributed by atoms with Crippen LogP contribution in [0.15, 0.2) is 40.1 Å². The first-order chi connectivity index (χ1) is 10.1. The highest BCUT2D eigenvalue weighted by atomic mass is 79.9. The summed E-state index contributed by atoms with van der Waals surface area (Å²) in [4.78, 5) is 13.5. The predicted octanol–water partition coefficient (Wildman–Crippen LogP) is 4.06. The van der Waals surface area contributed by atoms with E-state index in [9.17, 15) is 0 Å². The molecule has 0 fully saturated rings. The van der Waals surface area contributed by atoms with Gasteiger partial charge in [-0.2, -0.15) is 0 Å². The second kappa shape index (κ2) is 4.64. The Morgan fingerprint density at radius 3 is 3.00 bits per heavy atom. The van der Waals surface area contributed by atoms with Gasteiger partial charge in [-0.1, -0.05) is 39.7 Å². The summed E-state index contributed by atoms with van der Waals surface area (Å²) in [5.74, 6) is 0. The van der Waals surface area contributed by atoms with Crippen molar-refractivity contribution < 1.29 is 0 Å². The topological polar surface area (TPSA) is 43.1 Å². The lowest BCUT2D eigenvalue weighted by atomic mass is 10.1. The van der Waals surface area contributed by atoms with Crippen molar-refractivity contribution in [1.82, 2.24) is 14.5 Å². The highest BCUT2D eigenvalue weighted by Gasteiger charge is 2.23. The van der Waals surface area contributed by atoms with Gasteiger partial charge in [0, 0.05) is 17.9 Å². The van der Waals surface area contributed by atoms with Gasteiger partial charge in [0.2, 0.25) is 0 Å². The Bertz CT molecular complexity index is 913. The number of aromatic nitrogens is 3. The van der Waals surface area contributed by atoms with Crippen LogP contribution in [-0.4, -0.2) is 20.2 Å². The summed E-state index contributed by atoms with van der Waals surface area (Å²) in [5.41, 5.74) is 5.53. The average molecular weight is 362 g/mol. The number of halogens is 2. The number of hydrogen-bond donors (Lipinski definition) is 0. The van der Waals surface area contributed by atoms with Crippen molar-refractivity contribution in [1.29, 1.82) is 0 Å². The van der Waals surface area contributed by atoms with Crippen molar-refractivity contribution in [3.8, 4) is 0 Å². The minimum Gasteiger partial charge on any atom is -0.332 e. The van der Waals surface area contributed by atoms with Crippen molar-refractivity contribution in [3.63, 3.8) is 0 Å². The van der Waals surface area contributed by atoms with E-state index in [2.05, 4.69) is 38.0 Å². The summed E-state index contributed by atoms with van der Waals surface area (Å²) in [6.07, 6.45) is 2.43. The normalized spacial score (nSPS) is 13.6. The molecule has 0 atom stereocenters.